The number of hydrogen-bond donors (Lipinski definition) is 3. The fourth-order valence-electron chi connectivity index (χ4n) is 4.26. The topological polar surface area (TPSA) is 134 Å². The van der Waals surface area contributed by atoms with Crippen LogP contribution in [-0.4, -0.2) is 33.5 Å². The van der Waals surface area contributed by atoms with Crippen molar-refractivity contribution < 1.29 is 19.3 Å². The molecule has 3 rings (SSSR count). The van der Waals surface area contributed by atoms with Crippen LogP contribution in [0.25, 0.3) is 0 Å². The van der Waals surface area contributed by atoms with Crippen LogP contribution in [0.4, 0.5) is 11.4 Å². The average molecular weight is 455 g/mol. The highest BCUT2D eigenvalue weighted by atomic mass is 16.6. The van der Waals surface area contributed by atoms with E-state index >= 15 is 0 Å². The van der Waals surface area contributed by atoms with Gasteiger partial charge in [-0.2, -0.15) is 0 Å². The van der Waals surface area contributed by atoms with Crippen molar-refractivity contribution in [1.29, 1.82) is 0 Å². The van der Waals surface area contributed by atoms with E-state index in [0.29, 0.717) is 41.8 Å². The van der Waals surface area contributed by atoms with Gasteiger partial charge >= 0.3 is 0 Å². The maximum Gasteiger partial charge on any atom is 0.269 e. The predicted octanol–water partition coefficient (Wildman–Crippen LogP) is 4.31. The molecule has 1 aliphatic rings. The zero-order valence-electron chi connectivity index (χ0n) is 19.4. The number of non-ortho nitro benzene ring substituents is 1. The van der Waals surface area contributed by atoms with Crippen molar-refractivity contribution in [2.24, 2.45) is 5.41 Å². The van der Waals surface area contributed by atoms with E-state index in [0.717, 1.165) is 18.5 Å². The van der Waals surface area contributed by atoms with Gasteiger partial charge in [-0.3, -0.25) is 24.5 Å². The first kappa shape index (κ1) is 24.2. The summed E-state index contributed by atoms with van der Waals surface area (Å²) in [4.78, 5) is 52.1. The van der Waals surface area contributed by atoms with Crippen LogP contribution in [0.5, 0.6) is 0 Å². The molecule has 9 nitrogen and oxygen atoms in total. The molecule has 0 fully saturated rings. The fraction of sp³-hybridized carbons (Fsp3) is 0.458. The second-order valence-corrected chi connectivity index (χ2v) is 9.38. The molecule has 9 heteroatoms. The average Bonchev–Trinajstić information content (AvgIpc) is 3.06. The molecule has 33 heavy (non-hydrogen) atoms. The van der Waals surface area contributed by atoms with Crippen molar-refractivity contribution in [3.05, 3.63) is 56.9 Å². The fourth-order valence-corrected chi connectivity index (χ4v) is 4.26. The molecule has 0 radical (unpaired) electrons. The molecular formula is C24H30N4O5. The van der Waals surface area contributed by atoms with Gasteiger partial charge in [-0.05, 0) is 42.9 Å². The van der Waals surface area contributed by atoms with Gasteiger partial charge in [-0.1, -0.05) is 33.6 Å². The maximum absolute atomic E-state index is 13.1. The van der Waals surface area contributed by atoms with Gasteiger partial charge in [0.1, 0.15) is 11.7 Å². The lowest BCUT2D eigenvalue weighted by atomic mass is 9.75. The van der Waals surface area contributed by atoms with Crippen LogP contribution in [0.1, 0.15) is 78.6 Å². The van der Waals surface area contributed by atoms with Crippen LogP contribution in [0.3, 0.4) is 0 Å². The third kappa shape index (κ3) is 5.47. The van der Waals surface area contributed by atoms with Crippen molar-refractivity contribution in [2.75, 3.05) is 5.32 Å². The smallest absolute Gasteiger partial charge is 0.269 e. The summed E-state index contributed by atoms with van der Waals surface area (Å²) in [5.41, 5.74) is 2.40. The predicted molar refractivity (Wildman–Crippen MR) is 124 cm³/mol. The van der Waals surface area contributed by atoms with E-state index in [4.69, 9.17) is 0 Å². The summed E-state index contributed by atoms with van der Waals surface area (Å²) in [6.07, 6.45) is 3.10. The van der Waals surface area contributed by atoms with Crippen LogP contribution in [0, 0.1) is 22.5 Å². The Morgan fingerprint density at radius 1 is 1.21 bits per heavy atom. The number of ketones is 1. The quantitative estimate of drug-likeness (QED) is 0.403. The van der Waals surface area contributed by atoms with Crippen LogP contribution >= 0.6 is 0 Å². The largest absolute Gasteiger partial charge is 0.354 e. The Hall–Kier alpha value is -3.49. The van der Waals surface area contributed by atoms with Gasteiger partial charge in [-0.15, -0.1) is 0 Å². The second-order valence-electron chi connectivity index (χ2n) is 9.38. The number of H-pyrrole nitrogens is 1. The minimum absolute atomic E-state index is 0.0208. The number of nitrogens with one attached hydrogen (secondary N) is 3. The number of aromatic nitrogens is 1. The Bertz CT molecular complexity index is 1090. The van der Waals surface area contributed by atoms with E-state index in [2.05, 4.69) is 15.6 Å². The second kappa shape index (κ2) is 9.56. The number of amides is 2. The third-order valence-electron chi connectivity index (χ3n) is 5.94. The Morgan fingerprint density at radius 2 is 1.88 bits per heavy atom. The van der Waals surface area contributed by atoms with Crippen molar-refractivity contribution in [1.82, 2.24) is 10.3 Å². The number of rotatable bonds is 8. The number of nitrogens with zero attached hydrogens (tertiary/aromatic N) is 1. The van der Waals surface area contributed by atoms with E-state index in [1.807, 2.05) is 20.8 Å². The summed E-state index contributed by atoms with van der Waals surface area (Å²) >= 11 is 0. The van der Waals surface area contributed by atoms with E-state index < -0.39 is 22.8 Å². The number of anilines is 1. The summed E-state index contributed by atoms with van der Waals surface area (Å²) in [5.74, 6) is -0.822. The molecular weight excluding hydrogens is 424 g/mol. The minimum Gasteiger partial charge on any atom is -0.354 e. The highest BCUT2D eigenvalue weighted by Gasteiger charge is 2.35. The molecule has 2 amide bonds. The van der Waals surface area contributed by atoms with E-state index in [1.165, 1.54) is 24.3 Å². The summed E-state index contributed by atoms with van der Waals surface area (Å²) in [6.45, 7) is 7.78. The monoisotopic (exact) mass is 454 g/mol. The highest BCUT2D eigenvalue weighted by Crippen LogP contribution is 2.36. The van der Waals surface area contributed by atoms with Gasteiger partial charge in [0.05, 0.1) is 4.92 Å². The molecule has 1 aliphatic carbocycles. The maximum atomic E-state index is 13.1. The molecule has 1 heterocycles. The first-order valence-electron chi connectivity index (χ1n) is 11.1. The molecule has 0 bridgehead atoms. The number of nitro benzene ring substituents is 1. The Labute approximate surface area is 192 Å². The van der Waals surface area contributed by atoms with Crippen molar-refractivity contribution >= 4 is 29.0 Å². The van der Waals surface area contributed by atoms with Gasteiger partial charge in [-0.25, -0.2) is 0 Å². The molecule has 0 saturated carbocycles. The van der Waals surface area contributed by atoms with E-state index in [1.54, 1.807) is 6.92 Å². The molecule has 0 spiro atoms. The number of benzene rings is 1. The van der Waals surface area contributed by atoms with Gasteiger partial charge in [0.2, 0.25) is 5.91 Å². The number of fused-ring (bicyclic) bond motifs is 1. The number of carbonyl (C=O) groups excluding carboxylic acids is 3. The molecule has 0 saturated heterocycles. The number of nitro groups is 1. The summed E-state index contributed by atoms with van der Waals surface area (Å²) < 4.78 is 0. The number of unbranched alkanes of at least 4 members (excludes halogenated alkanes) is 1. The lowest BCUT2D eigenvalue weighted by molar-refractivity contribution is -0.384. The van der Waals surface area contributed by atoms with E-state index in [9.17, 15) is 24.5 Å². The number of Topliss-reactive ketones (excluding diaryl/α,β-unsaturated/α-hetero) is 1. The zero-order valence-corrected chi connectivity index (χ0v) is 19.4. The molecule has 2 aromatic rings. The van der Waals surface area contributed by atoms with Crippen LogP contribution in [-0.2, 0) is 11.2 Å². The number of hydrogen-bond acceptors (Lipinski definition) is 5. The van der Waals surface area contributed by atoms with Crippen molar-refractivity contribution in [2.45, 2.75) is 65.8 Å². The Kier molecular flexibility index (Phi) is 7.00. The molecule has 1 aromatic heterocycles. The van der Waals surface area contributed by atoms with Crippen LogP contribution in [0.15, 0.2) is 24.3 Å². The van der Waals surface area contributed by atoms with E-state index in [-0.39, 0.29) is 16.9 Å². The summed E-state index contributed by atoms with van der Waals surface area (Å²) in [7, 11) is 0. The van der Waals surface area contributed by atoms with Gasteiger partial charge < -0.3 is 15.6 Å². The third-order valence-corrected chi connectivity index (χ3v) is 5.94. The van der Waals surface area contributed by atoms with Crippen LogP contribution < -0.4 is 10.6 Å². The lowest BCUT2D eigenvalue weighted by Gasteiger charge is -2.28. The Morgan fingerprint density at radius 3 is 2.48 bits per heavy atom. The van der Waals surface area contributed by atoms with Crippen LogP contribution in [0.2, 0.25) is 0 Å². The highest BCUT2D eigenvalue weighted by molar-refractivity contribution is 6.06. The molecule has 176 valence electrons. The lowest BCUT2D eigenvalue weighted by Crippen LogP contribution is -2.44. The first-order chi connectivity index (χ1) is 15.5. The molecule has 0 aliphatic heterocycles. The summed E-state index contributed by atoms with van der Waals surface area (Å²) in [6, 6.07) is 4.72. The van der Waals surface area contributed by atoms with Crippen molar-refractivity contribution in [3.63, 3.8) is 0 Å². The SMILES string of the molecule is CCCCC(NC(=O)c1[nH]c2c(c1C)C(=O)CC(C)(C)C2)C(=O)Nc1ccc([N+](=O)[O-])cc1. The van der Waals surface area contributed by atoms with Crippen molar-refractivity contribution in [3.8, 4) is 0 Å². The molecule has 1 unspecified atom stereocenters. The molecule has 1 aromatic carbocycles. The zero-order chi connectivity index (χ0) is 24.3. The normalized spacial score (nSPS) is 15.5. The number of carbonyl (C=O) groups is 3. The minimum atomic E-state index is -0.792. The van der Waals surface area contributed by atoms with Gasteiger partial charge in [0, 0.05) is 35.5 Å². The summed E-state index contributed by atoms with van der Waals surface area (Å²) in [5, 5.41) is 16.3. The van der Waals surface area contributed by atoms with Gasteiger partial charge in [0.25, 0.3) is 11.6 Å². The Balaban J connectivity index is 1.77. The molecule has 1 atom stereocenters. The molecule has 3 N–H and O–H groups in total. The van der Waals surface area contributed by atoms with Gasteiger partial charge in [0.15, 0.2) is 5.78 Å². The first-order valence-corrected chi connectivity index (χ1v) is 11.1. The number of aromatic amines is 1. The standard InChI is InChI=1S/C24H30N4O5/c1-5-6-7-17(22(30)25-15-8-10-16(11-9-15)28(32)33)27-23(31)21-14(2)20-18(26-21)12-24(3,4)13-19(20)29/h8-11,17,26H,5-7,12-13H2,1-4H3,(H,25,30)(H,27,31).